The highest BCUT2D eigenvalue weighted by Gasteiger charge is 2.06. The Balaban J connectivity index is 1.80. The third kappa shape index (κ3) is 5.39. The SMILES string of the molecule is CCc1ccc(/C=C/C(=O)OCC(=O)Nc2ccccc2C)cc1. The van der Waals surface area contributed by atoms with E-state index in [0.29, 0.717) is 5.69 Å². The van der Waals surface area contributed by atoms with Crippen LogP contribution in [-0.4, -0.2) is 18.5 Å². The van der Waals surface area contributed by atoms with E-state index in [9.17, 15) is 9.59 Å². The minimum Gasteiger partial charge on any atom is -0.452 e. The number of rotatable bonds is 6. The largest absolute Gasteiger partial charge is 0.452 e. The second-order valence-electron chi connectivity index (χ2n) is 5.40. The summed E-state index contributed by atoms with van der Waals surface area (Å²) in [5.74, 6) is -0.909. The maximum Gasteiger partial charge on any atom is 0.331 e. The Morgan fingerprint density at radius 2 is 1.79 bits per heavy atom. The van der Waals surface area contributed by atoms with Gasteiger partial charge in [0.15, 0.2) is 6.61 Å². The average molecular weight is 323 g/mol. The quantitative estimate of drug-likeness (QED) is 0.650. The molecule has 1 amide bonds. The highest BCUT2D eigenvalue weighted by atomic mass is 16.5. The first-order valence-corrected chi connectivity index (χ1v) is 7.87. The van der Waals surface area contributed by atoms with Gasteiger partial charge in [-0.15, -0.1) is 0 Å². The van der Waals surface area contributed by atoms with E-state index in [2.05, 4.69) is 12.2 Å². The van der Waals surface area contributed by atoms with E-state index in [1.807, 2.05) is 49.4 Å². The van der Waals surface area contributed by atoms with Crippen LogP contribution in [0.25, 0.3) is 6.08 Å². The molecule has 0 saturated carbocycles. The molecule has 0 aromatic heterocycles. The lowest BCUT2D eigenvalue weighted by Gasteiger charge is -2.07. The van der Waals surface area contributed by atoms with Gasteiger partial charge in [-0.05, 0) is 42.2 Å². The van der Waals surface area contributed by atoms with Crippen molar-refractivity contribution in [1.82, 2.24) is 0 Å². The van der Waals surface area contributed by atoms with Crippen LogP contribution in [0.4, 0.5) is 5.69 Å². The predicted octanol–water partition coefficient (Wildman–Crippen LogP) is 3.75. The van der Waals surface area contributed by atoms with E-state index in [-0.39, 0.29) is 12.5 Å². The lowest BCUT2D eigenvalue weighted by Crippen LogP contribution is -2.20. The van der Waals surface area contributed by atoms with Gasteiger partial charge >= 0.3 is 5.97 Å². The number of para-hydroxylation sites is 1. The Morgan fingerprint density at radius 1 is 1.08 bits per heavy atom. The molecule has 4 heteroatoms. The van der Waals surface area contributed by atoms with Crippen molar-refractivity contribution in [2.24, 2.45) is 0 Å². The van der Waals surface area contributed by atoms with Crippen molar-refractivity contribution in [3.05, 3.63) is 71.3 Å². The van der Waals surface area contributed by atoms with Crippen molar-refractivity contribution < 1.29 is 14.3 Å². The number of esters is 1. The minimum absolute atomic E-state index is 0.313. The summed E-state index contributed by atoms with van der Waals surface area (Å²) in [5.41, 5.74) is 3.81. The van der Waals surface area contributed by atoms with Crippen LogP contribution in [-0.2, 0) is 20.7 Å². The van der Waals surface area contributed by atoms with Crippen LogP contribution in [0.3, 0.4) is 0 Å². The summed E-state index contributed by atoms with van der Waals surface area (Å²) in [4.78, 5) is 23.5. The Labute approximate surface area is 142 Å². The predicted molar refractivity (Wildman–Crippen MR) is 95.6 cm³/mol. The number of hydrogen-bond acceptors (Lipinski definition) is 3. The Morgan fingerprint density at radius 3 is 2.46 bits per heavy atom. The Bertz CT molecular complexity index is 733. The van der Waals surface area contributed by atoms with Gasteiger partial charge in [0.2, 0.25) is 0 Å². The molecule has 0 fully saturated rings. The van der Waals surface area contributed by atoms with Crippen molar-refractivity contribution in [1.29, 1.82) is 0 Å². The lowest BCUT2D eigenvalue weighted by molar-refractivity contribution is -0.142. The molecule has 2 rings (SSSR count). The van der Waals surface area contributed by atoms with Crippen molar-refractivity contribution in [2.45, 2.75) is 20.3 Å². The molecule has 0 unspecified atom stereocenters. The molecule has 0 aliphatic carbocycles. The second kappa shape index (κ2) is 8.67. The van der Waals surface area contributed by atoms with Gasteiger partial charge in [0.05, 0.1) is 0 Å². The summed E-state index contributed by atoms with van der Waals surface area (Å²) < 4.78 is 4.94. The highest BCUT2D eigenvalue weighted by molar-refractivity contribution is 5.95. The van der Waals surface area contributed by atoms with Gasteiger partial charge < -0.3 is 10.1 Å². The van der Waals surface area contributed by atoms with E-state index in [1.54, 1.807) is 12.1 Å². The fourth-order valence-corrected chi connectivity index (χ4v) is 2.11. The molecule has 24 heavy (non-hydrogen) atoms. The zero-order chi connectivity index (χ0) is 17.4. The summed E-state index contributed by atoms with van der Waals surface area (Å²) in [6, 6.07) is 15.3. The Hall–Kier alpha value is -2.88. The number of nitrogens with one attached hydrogen (secondary N) is 1. The molecule has 0 aliphatic rings. The molecule has 0 aliphatic heterocycles. The normalized spacial score (nSPS) is 10.6. The molecule has 2 aromatic rings. The summed E-state index contributed by atoms with van der Waals surface area (Å²) >= 11 is 0. The maximum atomic E-state index is 11.8. The maximum absolute atomic E-state index is 11.8. The third-order valence-corrected chi connectivity index (χ3v) is 3.56. The molecule has 1 N–H and O–H groups in total. The van der Waals surface area contributed by atoms with Crippen LogP contribution in [0.2, 0.25) is 0 Å². The molecule has 0 radical (unpaired) electrons. The van der Waals surface area contributed by atoms with E-state index in [0.717, 1.165) is 17.5 Å². The lowest BCUT2D eigenvalue weighted by atomic mass is 10.1. The van der Waals surface area contributed by atoms with E-state index < -0.39 is 5.97 Å². The Kier molecular flexibility index (Phi) is 6.32. The zero-order valence-electron chi connectivity index (χ0n) is 13.9. The fraction of sp³-hybridized carbons (Fsp3) is 0.200. The smallest absolute Gasteiger partial charge is 0.331 e. The van der Waals surface area contributed by atoms with Gasteiger partial charge in [0.25, 0.3) is 5.91 Å². The monoisotopic (exact) mass is 323 g/mol. The molecule has 0 saturated heterocycles. The third-order valence-electron chi connectivity index (χ3n) is 3.56. The number of carbonyl (C=O) groups excluding carboxylic acids is 2. The first-order valence-electron chi connectivity index (χ1n) is 7.87. The average Bonchev–Trinajstić information content (AvgIpc) is 2.60. The van der Waals surface area contributed by atoms with Gasteiger partial charge in [-0.25, -0.2) is 4.79 Å². The number of anilines is 1. The molecule has 124 valence electrons. The number of benzene rings is 2. The van der Waals surface area contributed by atoms with E-state index in [1.165, 1.54) is 11.6 Å². The molecule has 0 spiro atoms. The topological polar surface area (TPSA) is 55.4 Å². The molecule has 0 bridgehead atoms. The summed E-state index contributed by atoms with van der Waals surface area (Å²) in [7, 11) is 0. The summed E-state index contributed by atoms with van der Waals surface area (Å²) in [6.45, 7) is 3.67. The highest BCUT2D eigenvalue weighted by Crippen LogP contribution is 2.12. The van der Waals surface area contributed by atoms with Crippen LogP contribution in [0.1, 0.15) is 23.6 Å². The fourth-order valence-electron chi connectivity index (χ4n) is 2.11. The number of hydrogen-bond donors (Lipinski definition) is 1. The van der Waals surface area contributed by atoms with Crippen molar-refractivity contribution in [3.63, 3.8) is 0 Å². The van der Waals surface area contributed by atoms with Crippen LogP contribution in [0, 0.1) is 6.92 Å². The molecule has 4 nitrogen and oxygen atoms in total. The number of amides is 1. The summed E-state index contributed by atoms with van der Waals surface area (Å²) in [6.07, 6.45) is 3.96. The first kappa shape index (κ1) is 17.5. The number of aryl methyl sites for hydroxylation is 2. The van der Waals surface area contributed by atoms with Crippen molar-refractivity contribution in [3.8, 4) is 0 Å². The van der Waals surface area contributed by atoms with Crippen LogP contribution >= 0.6 is 0 Å². The summed E-state index contributed by atoms with van der Waals surface area (Å²) in [5, 5.41) is 2.71. The first-order chi connectivity index (χ1) is 11.6. The zero-order valence-corrected chi connectivity index (χ0v) is 13.9. The van der Waals surface area contributed by atoms with E-state index in [4.69, 9.17) is 4.74 Å². The standard InChI is InChI=1S/C20H21NO3/c1-3-16-8-10-17(11-9-16)12-13-20(23)24-14-19(22)21-18-7-5-4-6-15(18)2/h4-13H,3,14H2,1-2H3,(H,21,22)/b13-12+. The minimum atomic E-state index is -0.547. The van der Waals surface area contributed by atoms with Gasteiger partial charge in [-0.3, -0.25) is 4.79 Å². The molecular formula is C20H21NO3. The van der Waals surface area contributed by atoms with Crippen LogP contribution in [0.15, 0.2) is 54.6 Å². The van der Waals surface area contributed by atoms with Gasteiger partial charge in [0, 0.05) is 11.8 Å². The van der Waals surface area contributed by atoms with Crippen LogP contribution < -0.4 is 5.32 Å². The van der Waals surface area contributed by atoms with E-state index >= 15 is 0 Å². The van der Waals surface area contributed by atoms with Crippen molar-refractivity contribution >= 4 is 23.6 Å². The molecule has 0 atom stereocenters. The van der Waals surface area contributed by atoms with Gasteiger partial charge in [0.1, 0.15) is 0 Å². The van der Waals surface area contributed by atoms with Crippen molar-refractivity contribution in [2.75, 3.05) is 11.9 Å². The van der Waals surface area contributed by atoms with Gasteiger partial charge in [-0.2, -0.15) is 0 Å². The number of ether oxygens (including phenoxy) is 1. The van der Waals surface area contributed by atoms with Gasteiger partial charge in [-0.1, -0.05) is 49.4 Å². The molecular weight excluding hydrogens is 302 g/mol. The van der Waals surface area contributed by atoms with Crippen LogP contribution in [0.5, 0.6) is 0 Å². The molecule has 2 aromatic carbocycles. The number of carbonyl (C=O) groups is 2. The second-order valence-corrected chi connectivity index (χ2v) is 5.40. The molecule has 0 heterocycles.